The highest BCUT2D eigenvalue weighted by molar-refractivity contribution is 5.97. The molecule has 0 aliphatic heterocycles. The highest BCUT2D eigenvalue weighted by Gasteiger charge is 2.33. The van der Waals surface area contributed by atoms with Gasteiger partial charge in [-0.2, -0.15) is 15.0 Å². The molecule has 9 nitrogen and oxygen atoms in total. The summed E-state index contributed by atoms with van der Waals surface area (Å²) in [5.41, 5.74) is 19.3. The van der Waals surface area contributed by atoms with Crippen LogP contribution < -0.4 is 16.3 Å². The van der Waals surface area contributed by atoms with E-state index in [1.165, 1.54) is 65.7 Å². The Hall–Kier alpha value is -6.39. The maximum atomic E-state index is 5.38. The van der Waals surface area contributed by atoms with E-state index in [1.807, 2.05) is 0 Å². The SMILES string of the molecule is CC(C)CCC(C)N(Nc1nc(NN(C(C)CCC(C)C)C2C=Cc3cccc4cccc2c34)nc(NN(C(C)CCC(C)C)C2C=Cc3cccc4cccc2c34)n1)C1C=Cc2cccc3cccc1c23. The zero-order valence-corrected chi connectivity index (χ0v) is 44.0. The third-order valence-electron chi connectivity index (χ3n) is 15.4. The van der Waals surface area contributed by atoms with Gasteiger partial charge < -0.3 is 0 Å². The molecule has 7 aromatic rings. The van der Waals surface area contributed by atoms with Gasteiger partial charge in [0.25, 0.3) is 0 Å². The molecule has 6 unspecified atom stereocenters. The molecule has 3 aliphatic carbocycles. The van der Waals surface area contributed by atoms with Crippen LogP contribution in [0.1, 0.15) is 152 Å². The van der Waals surface area contributed by atoms with E-state index in [-0.39, 0.29) is 36.3 Å². The zero-order chi connectivity index (χ0) is 50.0. The van der Waals surface area contributed by atoms with Gasteiger partial charge in [-0.15, -0.1) is 0 Å². The van der Waals surface area contributed by atoms with Gasteiger partial charge >= 0.3 is 0 Å². The quantitative estimate of drug-likeness (QED) is 0.0610. The fourth-order valence-electron chi connectivity index (χ4n) is 11.4. The smallest absolute Gasteiger partial charge is 0.244 e. The number of hydrogen-bond donors (Lipinski definition) is 3. The molecule has 10 rings (SSSR count). The molecule has 3 N–H and O–H groups in total. The van der Waals surface area contributed by atoms with E-state index in [0.29, 0.717) is 35.6 Å². The van der Waals surface area contributed by atoms with Crippen LogP contribution in [0.15, 0.2) is 127 Å². The lowest BCUT2D eigenvalue weighted by molar-refractivity contribution is 0.190. The van der Waals surface area contributed by atoms with Crippen molar-refractivity contribution in [2.24, 2.45) is 17.8 Å². The summed E-state index contributed by atoms with van der Waals surface area (Å²) in [5.74, 6) is 3.13. The van der Waals surface area contributed by atoms with Crippen LogP contribution >= 0.6 is 0 Å². The average Bonchev–Trinajstić information content (AvgIpc) is 3.38. The molecule has 0 bridgehead atoms. The van der Waals surface area contributed by atoms with Crippen LogP contribution in [0.2, 0.25) is 0 Å². The molecule has 3 aliphatic rings. The molecule has 1 heterocycles. The zero-order valence-electron chi connectivity index (χ0n) is 44.0. The number of hydrogen-bond acceptors (Lipinski definition) is 9. The Kier molecular flexibility index (Phi) is 14.6. The Morgan fingerprint density at radius 2 is 0.625 bits per heavy atom. The van der Waals surface area contributed by atoms with Crippen molar-refractivity contribution in [1.29, 1.82) is 0 Å². The van der Waals surface area contributed by atoms with E-state index in [2.05, 4.69) is 239 Å². The molecule has 0 saturated carbocycles. The number of aromatic nitrogens is 3. The van der Waals surface area contributed by atoms with Crippen LogP contribution in [-0.2, 0) is 0 Å². The number of hydrazine groups is 3. The first kappa shape index (κ1) is 49.2. The molecule has 72 heavy (non-hydrogen) atoms. The Morgan fingerprint density at radius 1 is 0.361 bits per heavy atom. The summed E-state index contributed by atoms with van der Waals surface area (Å²) in [5, 5.41) is 14.8. The van der Waals surface area contributed by atoms with E-state index >= 15 is 0 Å². The van der Waals surface area contributed by atoms with Crippen molar-refractivity contribution in [3.05, 3.63) is 161 Å². The summed E-state index contributed by atoms with van der Waals surface area (Å²) in [6, 6.07) is 40.1. The maximum Gasteiger partial charge on any atom is 0.244 e. The van der Waals surface area contributed by atoms with Crippen LogP contribution in [0.3, 0.4) is 0 Å². The Labute approximate surface area is 428 Å². The molecule has 6 atom stereocenters. The van der Waals surface area contributed by atoms with E-state index in [9.17, 15) is 0 Å². The third kappa shape index (κ3) is 10.3. The van der Waals surface area contributed by atoms with Crippen molar-refractivity contribution in [3.63, 3.8) is 0 Å². The second kappa shape index (κ2) is 21.4. The standard InChI is InChI=1S/C63H75N9/c1-40(2)28-31-43(7)70(55-37-34-49-19-10-16-46-22-13-25-52(55)58(46)49)67-61-64-62(68-71(44(8)32-29-41(3)4)56-38-35-50-20-11-17-47-23-14-26-53(56)59(47)50)66-63(65-61)69-72(45(9)33-30-42(5)6)57-39-36-51-21-12-18-48-24-15-27-54(57)60(48)51/h10-27,34-45,55-57H,28-33H2,1-9H3,(H3,64,65,66,67,68,69). The minimum atomic E-state index is -0.0729. The monoisotopic (exact) mass is 958 g/mol. The van der Waals surface area contributed by atoms with Crippen molar-refractivity contribution >= 4 is 68.4 Å². The molecule has 0 amide bonds. The molecule has 6 aromatic carbocycles. The Bertz CT molecular complexity index is 2770. The van der Waals surface area contributed by atoms with Gasteiger partial charge in [-0.05, 0) is 143 Å². The summed E-state index contributed by atoms with van der Waals surface area (Å²) in [7, 11) is 0. The fourth-order valence-corrected chi connectivity index (χ4v) is 11.4. The van der Waals surface area contributed by atoms with Gasteiger partial charge in [0, 0.05) is 18.1 Å². The highest BCUT2D eigenvalue weighted by atomic mass is 15.6. The minimum absolute atomic E-state index is 0.0729. The number of nitrogens with one attached hydrogen (secondary N) is 3. The minimum Gasteiger partial charge on any atom is -0.286 e. The molecular formula is C63H75N9. The summed E-state index contributed by atoms with van der Waals surface area (Å²) < 4.78 is 0. The molecule has 0 radical (unpaired) electrons. The van der Waals surface area contributed by atoms with Crippen molar-refractivity contribution in [2.45, 2.75) is 137 Å². The average molecular weight is 958 g/mol. The molecule has 1 aromatic heterocycles. The van der Waals surface area contributed by atoms with Crippen molar-refractivity contribution in [2.75, 3.05) is 16.3 Å². The number of rotatable bonds is 21. The number of benzene rings is 6. The summed E-state index contributed by atoms with van der Waals surface area (Å²) in [6.07, 6.45) is 20.2. The van der Waals surface area contributed by atoms with Crippen LogP contribution in [0.25, 0.3) is 50.5 Å². The summed E-state index contributed by atoms with van der Waals surface area (Å²) >= 11 is 0. The summed E-state index contributed by atoms with van der Waals surface area (Å²) in [4.78, 5) is 16.1. The van der Waals surface area contributed by atoms with E-state index in [0.717, 1.165) is 38.5 Å². The molecule has 0 spiro atoms. The van der Waals surface area contributed by atoms with Gasteiger partial charge in [0.05, 0.1) is 18.1 Å². The second-order valence-electron chi connectivity index (χ2n) is 22.1. The maximum absolute atomic E-state index is 5.38. The van der Waals surface area contributed by atoms with E-state index in [4.69, 9.17) is 15.0 Å². The highest BCUT2D eigenvalue weighted by Crippen LogP contribution is 2.42. The molecule has 9 heteroatoms. The lowest BCUT2D eigenvalue weighted by Gasteiger charge is -2.39. The Morgan fingerprint density at radius 3 is 0.889 bits per heavy atom. The number of nitrogens with zero attached hydrogens (tertiary/aromatic N) is 6. The largest absolute Gasteiger partial charge is 0.286 e. The van der Waals surface area contributed by atoms with Gasteiger partial charge in [-0.1, -0.05) is 187 Å². The molecular weight excluding hydrogens is 883 g/mol. The lowest BCUT2D eigenvalue weighted by Crippen LogP contribution is -2.44. The van der Waals surface area contributed by atoms with Crippen molar-refractivity contribution < 1.29 is 0 Å². The van der Waals surface area contributed by atoms with Gasteiger partial charge in [-0.3, -0.25) is 16.3 Å². The topological polar surface area (TPSA) is 84.5 Å². The molecule has 372 valence electrons. The van der Waals surface area contributed by atoms with Gasteiger partial charge in [0.2, 0.25) is 17.8 Å². The van der Waals surface area contributed by atoms with E-state index in [1.54, 1.807) is 0 Å². The van der Waals surface area contributed by atoms with Crippen LogP contribution in [0.4, 0.5) is 17.8 Å². The van der Waals surface area contributed by atoms with Gasteiger partial charge in [-0.25, -0.2) is 15.0 Å². The normalized spacial score (nSPS) is 18.1. The Balaban J connectivity index is 1.10. The van der Waals surface area contributed by atoms with Crippen molar-refractivity contribution in [3.8, 4) is 0 Å². The second-order valence-corrected chi connectivity index (χ2v) is 22.1. The predicted octanol–water partition coefficient (Wildman–Crippen LogP) is 16.0. The first-order chi connectivity index (χ1) is 34.9. The van der Waals surface area contributed by atoms with Crippen LogP contribution in [0.5, 0.6) is 0 Å². The summed E-state index contributed by atoms with van der Waals surface area (Å²) in [6.45, 7) is 20.9. The van der Waals surface area contributed by atoms with E-state index < -0.39 is 0 Å². The lowest BCUT2D eigenvalue weighted by atomic mass is 9.89. The number of anilines is 3. The molecule has 0 saturated heterocycles. The van der Waals surface area contributed by atoms with Crippen LogP contribution in [0, 0.1) is 17.8 Å². The molecule has 0 fully saturated rings. The fraction of sp³-hybridized carbons (Fsp3) is 0.381. The van der Waals surface area contributed by atoms with Gasteiger partial charge in [0.1, 0.15) is 0 Å². The first-order valence-corrected chi connectivity index (χ1v) is 26.9. The van der Waals surface area contributed by atoms with Crippen molar-refractivity contribution in [1.82, 2.24) is 30.0 Å². The van der Waals surface area contributed by atoms with Crippen LogP contribution in [-0.4, -0.2) is 48.1 Å². The third-order valence-corrected chi connectivity index (χ3v) is 15.4. The predicted molar refractivity (Wildman–Crippen MR) is 304 cm³/mol. The van der Waals surface area contributed by atoms with Gasteiger partial charge in [0.15, 0.2) is 0 Å². The first-order valence-electron chi connectivity index (χ1n) is 26.9.